The number of allylic oxidation sites excluding steroid dienone is 2. The molecule has 1 aromatic rings. The lowest BCUT2D eigenvalue weighted by molar-refractivity contribution is -0.116. The van der Waals surface area contributed by atoms with Crippen LogP contribution in [-0.2, 0) is 11.2 Å². The van der Waals surface area contributed by atoms with Crippen molar-refractivity contribution in [2.45, 2.75) is 79.1 Å². The summed E-state index contributed by atoms with van der Waals surface area (Å²) in [6.07, 6.45) is 11.3. The highest BCUT2D eigenvalue weighted by Gasteiger charge is 2.52. The zero-order valence-electron chi connectivity index (χ0n) is 19.6. The maximum atomic E-state index is 12.3. The maximum absolute atomic E-state index is 12.3. The second kappa shape index (κ2) is 9.54. The van der Waals surface area contributed by atoms with Crippen LogP contribution in [0.5, 0.6) is 0 Å². The molecule has 0 radical (unpaired) electrons. The Labute approximate surface area is 184 Å². The predicted molar refractivity (Wildman–Crippen MR) is 127 cm³/mol. The first-order valence-electron chi connectivity index (χ1n) is 11.9. The normalized spacial score (nSPS) is 28.7. The number of carbonyl (C=O) groups excluding carboxylic acids is 1. The van der Waals surface area contributed by atoms with E-state index in [1.54, 1.807) is 6.08 Å². The smallest absolute Gasteiger partial charge is 0.243 e. The fraction of sp³-hybridized carbons (Fsp3) is 0.607. The summed E-state index contributed by atoms with van der Waals surface area (Å²) in [6.45, 7) is 14.8. The second-order valence-electron chi connectivity index (χ2n) is 10.7. The lowest BCUT2D eigenvalue weighted by Crippen LogP contribution is -2.49. The third kappa shape index (κ3) is 5.25. The Kier molecular flexibility index (Phi) is 7.26. The van der Waals surface area contributed by atoms with Crippen LogP contribution in [0.15, 0.2) is 54.1 Å². The third-order valence-corrected chi connectivity index (χ3v) is 8.08. The fourth-order valence-electron chi connectivity index (χ4n) is 6.50. The van der Waals surface area contributed by atoms with Gasteiger partial charge in [-0.25, -0.2) is 0 Å². The van der Waals surface area contributed by atoms with Gasteiger partial charge in [0.05, 0.1) is 0 Å². The summed E-state index contributed by atoms with van der Waals surface area (Å²) in [5.41, 5.74) is 4.70. The third-order valence-electron chi connectivity index (χ3n) is 8.08. The molecule has 2 fully saturated rings. The summed E-state index contributed by atoms with van der Waals surface area (Å²) in [5, 5.41) is 3.04. The van der Waals surface area contributed by atoms with Crippen LogP contribution < -0.4 is 5.32 Å². The van der Waals surface area contributed by atoms with Crippen LogP contribution in [0.1, 0.15) is 78.2 Å². The minimum absolute atomic E-state index is 0.0359. The van der Waals surface area contributed by atoms with E-state index in [1.165, 1.54) is 48.8 Å². The molecule has 3 rings (SSSR count). The first-order chi connectivity index (χ1) is 14.2. The van der Waals surface area contributed by atoms with Crippen LogP contribution in [0.3, 0.4) is 0 Å². The number of amides is 1. The van der Waals surface area contributed by atoms with Crippen molar-refractivity contribution in [2.24, 2.45) is 22.7 Å². The molecular weight excluding hydrogens is 366 g/mol. The molecule has 1 aromatic carbocycles. The molecule has 3 atom stereocenters. The van der Waals surface area contributed by atoms with Gasteiger partial charge < -0.3 is 5.32 Å². The summed E-state index contributed by atoms with van der Waals surface area (Å²) >= 11 is 0. The van der Waals surface area contributed by atoms with Gasteiger partial charge in [0.15, 0.2) is 0 Å². The number of benzene rings is 1. The molecule has 30 heavy (non-hydrogen) atoms. The van der Waals surface area contributed by atoms with Crippen LogP contribution in [0.2, 0.25) is 0 Å². The zero-order valence-corrected chi connectivity index (χ0v) is 19.6. The van der Waals surface area contributed by atoms with E-state index in [0.29, 0.717) is 23.3 Å². The molecule has 0 heterocycles. The van der Waals surface area contributed by atoms with Gasteiger partial charge in [0, 0.05) is 12.6 Å². The Morgan fingerprint density at radius 3 is 2.67 bits per heavy atom. The molecule has 1 amide bonds. The number of rotatable bonds is 7. The molecule has 1 N–H and O–H groups in total. The molecule has 0 bridgehead atoms. The summed E-state index contributed by atoms with van der Waals surface area (Å²) in [5.74, 6) is 1.41. The first-order valence-corrected chi connectivity index (χ1v) is 11.9. The highest BCUT2D eigenvalue weighted by atomic mass is 16.1. The predicted octanol–water partition coefficient (Wildman–Crippen LogP) is 6.87. The highest BCUT2D eigenvalue weighted by molar-refractivity contribution is 5.88. The zero-order chi connectivity index (χ0) is 21.8. The van der Waals surface area contributed by atoms with Crippen molar-refractivity contribution in [2.75, 3.05) is 6.54 Å². The molecule has 2 saturated carbocycles. The Morgan fingerprint density at radius 1 is 1.20 bits per heavy atom. The minimum atomic E-state index is 0.0359. The molecule has 0 unspecified atom stereocenters. The number of hydrogen-bond acceptors (Lipinski definition) is 1. The van der Waals surface area contributed by atoms with E-state index >= 15 is 0 Å². The van der Waals surface area contributed by atoms with E-state index in [9.17, 15) is 4.79 Å². The van der Waals surface area contributed by atoms with Gasteiger partial charge in [-0.3, -0.25) is 4.79 Å². The summed E-state index contributed by atoms with van der Waals surface area (Å²) in [4.78, 5) is 12.3. The van der Waals surface area contributed by atoms with E-state index in [2.05, 4.69) is 51.7 Å². The van der Waals surface area contributed by atoms with Crippen molar-refractivity contribution in [3.05, 3.63) is 59.7 Å². The lowest BCUT2D eigenvalue weighted by atomic mass is 9.47. The maximum Gasteiger partial charge on any atom is 0.243 e. The van der Waals surface area contributed by atoms with Crippen molar-refractivity contribution in [1.29, 1.82) is 0 Å². The number of hydrogen-bond donors (Lipinski definition) is 1. The molecular formula is C28H41NO. The topological polar surface area (TPSA) is 29.1 Å². The molecule has 0 aromatic heterocycles. The monoisotopic (exact) mass is 407 g/mol. The first kappa shape index (κ1) is 22.8. The Morgan fingerprint density at radius 2 is 1.93 bits per heavy atom. The van der Waals surface area contributed by atoms with Crippen LogP contribution >= 0.6 is 0 Å². The molecule has 2 nitrogen and oxygen atoms in total. The van der Waals surface area contributed by atoms with Gasteiger partial charge in [-0.05, 0) is 80.1 Å². The second-order valence-corrected chi connectivity index (χ2v) is 10.7. The van der Waals surface area contributed by atoms with Crippen molar-refractivity contribution >= 4 is 5.91 Å². The molecule has 164 valence electrons. The van der Waals surface area contributed by atoms with Crippen LogP contribution in [0.25, 0.3) is 0 Å². The molecule has 2 heteroatoms. The van der Waals surface area contributed by atoms with Gasteiger partial charge in [-0.1, -0.05) is 75.2 Å². The summed E-state index contributed by atoms with van der Waals surface area (Å²) in [6, 6.07) is 10.3. The summed E-state index contributed by atoms with van der Waals surface area (Å²) in [7, 11) is 0. The largest absolute Gasteiger partial charge is 0.352 e. The van der Waals surface area contributed by atoms with Crippen molar-refractivity contribution in [3.8, 4) is 0 Å². The lowest BCUT2D eigenvalue weighted by Gasteiger charge is -2.58. The SMILES string of the molecule is C=C1CC[C@@H]2C(C)(C)CCC[C@@]2(C)[C@@H]1CC/C(C)=C/C(=O)NCCc1ccccc1. The van der Waals surface area contributed by atoms with Gasteiger partial charge in [0.1, 0.15) is 0 Å². The average molecular weight is 408 g/mol. The van der Waals surface area contributed by atoms with Crippen molar-refractivity contribution < 1.29 is 4.79 Å². The highest BCUT2D eigenvalue weighted by Crippen LogP contribution is 2.61. The van der Waals surface area contributed by atoms with Crippen LogP contribution in [-0.4, -0.2) is 12.5 Å². The standard InChI is InChI=1S/C28H41NO/c1-21(20-26(30)29-19-16-23-10-7-6-8-11-23)12-14-24-22(2)13-15-25-27(3,4)17-9-18-28(24,25)5/h6-8,10-11,20,24-25H,2,9,12-19H2,1,3-5H3,(H,29,30)/b21-20+/t24-,25-,28+/m1/s1. The van der Waals surface area contributed by atoms with Crippen LogP contribution in [0, 0.1) is 22.7 Å². The number of fused-ring (bicyclic) bond motifs is 1. The van der Waals surface area contributed by atoms with Gasteiger partial charge in [0.25, 0.3) is 0 Å². The van der Waals surface area contributed by atoms with E-state index in [0.717, 1.165) is 25.2 Å². The van der Waals surface area contributed by atoms with E-state index < -0.39 is 0 Å². The molecule has 0 saturated heterocycles. The van der Waals surface area contributed by atoms with Crippen molar-refractivity contribution in [1.82, 2.24) is 5.32 Å². The van der Waals surface area contributed by atoms with Crippen molar-refractivity contribution in [3.63, 3.8) is 0 Å². The van der Waals surface area contributed by atoms with Gasteiger partial charge in [-0.15, -0.1) is 0 Å². The Bertz CT molecular complexity index is 775. The fourth-order valence-corrected chi connectivity index (χ4v) is 6.50. The van der Waals surface area contributed by atoms with Crippen LogP contribution in [0.4, 0.5) is 0 Å². The number of carbonyl (C=O) groups is 1. The number of nitrogens with one attached hydrogen (secondary N) is 1. The molecule has 2 aliphatic rings. The molecule has 0 aliphatic heterocycles. The Hall–Kier alpha value is -1.83. The molecule has 2 aliphatic carbocycles. The Balaban J connectivity index is 1.54. The average Bonchev–Trinajstić information content (AvgIpc) is 2.67. The van der Waals surface area contributed by atoms with E-state index in [1.807, 2.05) is 18.2 Å². The van der Waals surface area contributed by atoms with Gasteiger partial charge >= 0.3 is 0 Å². The van der Waals surface area contributed by atoms with Gasteiger partial charge in [0.2, 0.25) is 5.91 Å². The van der Waals surface area contributed by atoms with E-state index in [-0.39, 0.29) is 5.91 Å². The summed E-state index contributed by atoms with van der Waals surface area (Å²) < 4.78 is 0. The quantitative estimate of drug-likeness (QED) is 0.388. The molecule has 0 spiro atoms. The van der Waals surface area contributed by atoms with E-state index in [4.69, 9.17) is 0 Å². The minimum Gasteiger partial charge on any atom is -0.352 e. The van der Waals surface area contributed by atoms with Gasteiger partial charge in [-0.2, -0.15) is 0 Å².